The van der Waals surface area contributed by atoms with Gasteiger partial charge in [-0.15, -0.1) is 0 Å². The Balaban J connectivity index is 2.88. The Morgan fingerprint density at radius 1 is 1.18 bits per heavy atom. The second kappa shape index (κ2) is 4.73. The van der Waals surface area contributed by atoms with Crippen molar-refractivity contribution in [2.24, 2.45) is 5.41 Å². The Hall–Kier alpha value is -1.58. The summed E-state index contributed by atoms with van der Waals surface area (Å²) in [5.74, 6) is -2.58. The number of hydrogen-bond acceptors (Lipinski definition) is 2. The van der Waals surface area contributed by atoms with Gasteiger partial charge in [0.25, 0.3) is 0 Å². The summed E-state index contributed by atoms with van der Waals surface area (Å²) in [6.07, 6.45) is -0.369. The predicted octanol–water partition coefficient (Wildman–Crippen LogP) is 3.15. The van der Waals surface area contributed by atoms with Gasteiger partial charge in [0.15, 0.2) is 5.78 Å². The lowest BCUT2D eigenvalue weighted by Crippen LogP contribution is -2.23. The number of rotatable bonds is 3. The van der Waals surface area contributed by atoms with Gasteiger partial charge in [0, 0.05) is 11.5 Å². The van der Waals surface area contributed by atoms with Crippen LogP contribution in [0.1, 0.15) is 37.6 Å². The molecule has 1 aromatic rings. The number of carbonyl (C=O) groups excluding carboxylic acids is 2. The summed E-state index contributed by atoms with van der Waals surface area (Å²) >= 11 is 0. The molecule has 17 heavy (non-hydrogen) atoms. The Labute approximate surface area is 98.6 Å². The zero-order valence-corrected chi connectivity index (χ0v) is 10.0. The zero-order chi connectivity index (χ0) is 13.2. The molecular weight excluding hydrogens is 226 g/mol. The normalized spacial score (nSPS) is 11.4. The van der Waals surface area contributed by atoms with Crippen molar-refractivity contribution in [2.75, 3.05) is 0 Å². The van der Waals surface area contributed by atoms with Gasteiger partial charge in [-0.2, -0.15) is 0 Å². The van der Waals surface area contributed by atoms with E-state index in [1.165, 1.54) is 0 Å². The second-order valence-corrected chi connectivity index (χ2v) is 4.90. The third-order valence-corrected chi connectivity index (χ3v) is 2.39. The molecule has 0 atom stereocenters. The van der Waals surface area contributed by atoms with Gasteiger partial charge < -0.3 is 0 Å². The third kappa shape index (κ3) is 3.44. The summed E-state index contributed by atoms with van der Waals surface area (Å²) in [5.41, 5.74) is -0.893. The van der Waals surface area contributed by atoms with Gasteiger partial charge in [0.05, 0.1) is 12.0 Å². The highest BCUT2D eigenvalue weighted by Crippen LogP contribution is 2.19. The minimum absolute atomic E-state index is 0.246. The van der Waals surface area contributed by atoms with Gasteiger partial charge in [0.1, 0.15) is 17.4 Å². The standard InChI is InChI=1S/C13H14F2O2/c1-13(2,3)12(17)7-11(16)9-5-4-8(14)6-10(9)15/h4-6H,7H2,1-3H3. The molecule has 0 bridgehead atoms. The molecule has 92 valence electrons. The molecule has 0 aliphatic rings. The van der Waals surface area contributed by atoms with Gasteiger partial charge in [-0.05, 0) is 12.1 Å². The van der Waals surface area contributed by atoms with Gasteiger partial charge in [-0.25, -0.2) is 8.78 Å². The first kappa shape index (κ1) is 13.5. The van der Waals surface area contributed by atoms with E-state index in [1.807, 2.05) is 0 Å². The predicted molar refractivity (Wildman–Crippen MR) is 59.8 cm³/mol. The van der Waals surface area contributed by atoms with Crippen LogP contribution in [0, 0.1) is 17.0 Å². The van der Waals surface area contributed by atoms with Crippen LogP contribution in [0.5, 0.6) is 0 Å². The van der Waals surface area contributed by atoms with Crippen molar-refractivity contribution in [3.05, 3.63) is 35.4 Å². The van der Waals surface area contributed by atoms with Crippen LogP contribution in [0.25, 0.3) is 0 Å². The van der Waals surface area contributed by atoms with E-state index in [9.17, 15) is 18.4 Å². The lowest BCUT2D eigenvalue weighted by atomic mass is 9.87. The van der Waals surface area contributed by atoms with E-state index in [1.54, 1.807) is 20.8 Å². The lowest BCUT2D eigenvalue weighted by molar-refractivity contribution is -0.125. The van der Waals surface area contributed by atoms with E-state index < -0.39 is 22.8 Å². The fraction of sp³-hybridized carbons (Fsp3) is 0.385. The van der Waals surface area contributed by atoms with Crippen LogP contribution < -0.4 is 0 Å². The first-order valence-corrected chi connectivity index (χ1v) is 5.23. The molecule has 0 heterocycles. The molecule has 0 fully saturated rings. The topological polar surface area (TPSA) is 34.1 Å². The SMILES string of the molecule is CC(C)(C)C(=O)CC(=O)c1ccc(F)cc1F. The average Bonchev–Trinajstić information content (AvgIpc) is 2.15. The molecule has 0 aliphatic carbocycles. The molecule has 0 radical (unpaired) electrons. The van der Waals surface area contributed by atoms with Crippen molar-refractivity contribution in [1.29, 1.82) is 0 Å². The highest BCUT2D eigenvalue weighted by atomic mass is 19.1. The Morgan fingerprint density at radius 2 is 1.76 bits per heavy atom. The van der Waals surface area contributed by atoms with Crippen molar-refractivity contribution < 1.29 is 18.4 Å². The molecule has 0 aliphatic heterocycles. The van der Waals surface area contributed by atoms with Gasteiger partial charge >= 0.3 is 0 Å². The highest BCUT2D eigenvalue weighted by molar-refractivity contribution is 6.09. The maximum absolute atomic E-state index is 13.3. The van der Waals surface area contributed by atoms with Crippen molar-refractivity contribution >= 4 is 11.6 Å². The Morgan fingerprint density at radius 3 is 2.24 bits per heavy atom. The molecule has 1 aromatic carbocycles. The smallest absolute Gasteiger partial charge is 0.173 e. The van der Waals surface area contributed by atoms with Crippen molar-refractivity contribution in [3.63, 3.8) is 0 Å². The molecular formula is C13H14F2O2. The summed E-state index contributed by atoms with van der Waals surface area (Å²) < 4.78 is 25.9. The quantitative estimate of drug-likeness (QED) is 0.600. The summed E-state index contributed by atoms with van der Waals surface area (Å²) in [7, 11) is 0. The van der Waals surface area contributed by atoms with E-state index in [0.717, 1.165) is 12.1 Å². The largest absolute Gasteiger partial charge is 0.299 e. The van der Waals surface area contributed by atoms with Crippen molar-refractivity contribution in [1.82, 2.24) is 0 Å². The number of ketones is 2. The van der Waals surface area contributed by atoms with Crippen LogP contribution >= 0.6 is 0 Å². The molecule has 0 N–H and O–H groups in total. The van der Waals surface area contributed by atoms with E-state index in [4.69, 9.17) is 0 Å². The molecule has 0 spiro atoms. The maximum Gasteiger partial charge on any atom is 0.173 e. The number of benzene rings is 1. The Kier molecular flexibility index (Phi) is 3.76. The van der Waals surface area contributed by atoms with Crippen LogP contribution in [0.15, 0.2) is 18.2 Å². The Bertz CT molecular complexity index is 459. The van der Waals surface area contributed by atoms with Gasteiger partial charge in [0.2, 0.25) is 0 Å². The molecule has 0 saturated heterocycles. The van der Waals surface area contributed by atoms with Gasteiger partial charge in [-0.3, -0.25) is 9.59 Å². The fourth-order valence-corrected chi connectivity index (χ4v) is 1.22. The molecule has 1 rings (SSSR count). The monoisotopic (exact) mass is 240 g/mol. The molecule has 0 unspecified atom stereocenters. The minimum Gasteiger partial charge on any atom is -0.299 e. The zero-order valence-electron chi connectivity index (χ0n) is 10.0. The number of hydrogen-bond donors (Lipinski definition) is 0. The summed E-state index contributed by atoms with van der Waals surface area (Å²) in [6.45, 7) is 5.05. The number of carbonyl (C=O) groups is 2. The number of halogens is 2. The van der Waals surface area contributed by atoms with Crippen LogP contribution in [0.3, 0.4) is 0 Å². The lowest BCUT2D eigenvalue weighted by Gasteiger charge is -2.15. The molecule has 2 nitrogen and oxygen atoms in total. The molecule has 0 amide bonds. The van der Waals surface area contributed by atoms with E-state index in [-0.39, 0.29) is 17.8 Å². The second-order valence-electron chi connectivity index (χ2n) is 4.90. The van der Waals surface area contributed by atoms with Gasteiger partial charge in [-0.1, -0.05) is 20.8 Å². The van der Waals surface area contributed by atoms with Crippen molar-refractivity contribution in [2.45, 2.75) is 27.2 Å². The maximum atomic E-state index is 13.3. The van der Waals surface area contributed by atoms with Crippen molar-refractivity contribution in [3.8, 4) is 0 Å². The summed E-state index contributed by atoms with van der Waals surface area (Å²) in [4.78, 5) is 23.3. The minimum atomic E-state index is -0.934. The van der Waals surface area contributed by atoms with E-state index in [2.05, 4.69) is 0 Å². The molecule has 0 saturated carbocycles. The fourth-order valence-electron chi connectivity index (χ4n) is 1.22. The third-order valence-electron chi connectivity index (χ3n) is 2.39. The van der Waals surface area contributed by atoms with Crippen LogP contribution in [-0.4, -0.2) is 11.6 Å². The van der Waals surface area contributed by atoms with E-state index >= 15 is 0 Å². The highest BCUT2D eigenvalue weighted by Gasteiger charge is 2.25. The van der Waals surface area contributed by atoms with Crippen LogP contribution in [-0.2, 0) is 4.79 Å². The first-order chi connectivity index (χ1) is 7.71. The average molecular weight is 240 g/mol. The van der Waals surface area contributed by atoms with Crippen LogP contribution in [0.4, 0.5) is 8.78 Å². The summed E-state index contributed by atoms with van der Waals surface area (Å²) in [6, 6.07) is 2.69. The summed E-state index contributed by atoms with van der Waals surface area (Å²) in [5, 5.41) is 0. The number of Topliss-reactive ketones (excluding diaryl/α,β-unsaturated/α-hetero) is 2. The first-order valence-electron chi connectivity index (χ1n) is 5.23. The molecule has 0 aromatic heterocycles. The van der Waals surface area contributed by atoms with Crippen LogP contribution in [0.2, 0.25) is 0 Å². The van der Waals surface area contributed by atoms with E-state index in [0.29, 0.717) is 6.07 Å². The molecule has 4 heteroatoms.